The molecule has 1 atom stereocenters. The number of halogens is 1. The van der Waals surface area contributed by atoms with Crippen molar-refractivity contribution in [3.63, 3.8) is 0 Å². The summed E-state index contributed by atoms with van der Waals surface area (Å²) in [6, 6.07) is 7.38. The molecule has 1 amide bonds. The fourth-order valence-corrected chi connectivity index (χ4v) is 3.36. The van der Waals surface area contributed by atoms with Crippen LogP contribution in [0, 0.1) is 0 Å². The molecule has 0 bridgehead atoms. The molecule has 3 heterocycles. The second-order valence-corrected chi connectivity index (χ2v) is 7.17. The van der Waals surface area contributed by atoms with Gasteiger partial charge in [-0.3, -0.25) is 4.79 Å². The molecule has 0 spiro atoms. The van der Waals surface area contributed by atoms with Crippen molar-refractivity contribution < 1.29 is 19.1 Å². The van der Waals surface area contributed by atoms with E-state index in [0.29, 0.717) is 30.6 Å². The Balaban J connectivity index is 1.45. The van der Waals surface area contributed by atoms with E-state index in [1.807, 2.05) is 24.4 Å². The lowest BCUT2D eigenvalue weighted by Gasteiger charge is -2.32. The molecule has 7 nitrogen and oxygen atoms in total. The number of ether oxygens (including phenoxy) is 2. The van der Waals surface area contributed by atoms with E-state index in [1.54, 1.807) is 34.6 Å². The second kappa shape index (κ2) is 9.68. The average molecular weight is 410 g/mol. The molecule has 0 aromatic carbocycles. The van der Waals surface area contributed by atoms with Gasteiger partial charge in [0.2, 0.25) is 0 Å². The van der Waals surface area contributed by atoms with E-state index in [9.17, 15) is 4.79 Å². The maximum atomic E-state index is 12.3. The zero-order chi connectivity index (χ0) is 19.1. The van der Waals surface area contributed by atoms with Crippen molar-refractivity contribution >= 4 is 34.6 Å². The molecule has 1 saturated heterocycles. The lowest BCUT2D eigenvalue weighted by atomic mass is 10.3. The van der Waals surface area contributed by atoms with Crippen LogP contribution in [0.15, 0.2) is 41.0 Å². The van der Waals surface area contributed by atoms with Gasteiger partial charge in [-0.05, 0) is 30.5 Å². The summed E-state index contributed by atoms with van der Waals surface area (Å²) in [7, 11) is 0. The largest absolute Gasteiger partial charge is 0.488 e. The van der Waals surface area contributed by atoms with Gasteiger partial charge in [0.05, 0.1) is 23.7 Å². The first-order chi connectivity index (χ1) is 13.1. The van der Waals surface area contributed by atoms with Crippen molar-refractivity contribution in [1.82, 2.24) is 9.88 Å². The molecular formula is C18H20ClN3O4S. The predicted octanol–water partition coefficient (Wildman–Crippen LogP) is 2.84. The molecule has 1 unspecified atom stereocenters. The van der Waals surface area contributed by atoms with Gasteiger partial charge in [0.25, 0.3) is 5.91 Å². The van der Waals surface area contributed by atoms with Crippen LogP contribution < -0.4 is 4.74 Å². The lowest BCUT2D eigenvalue weighted by molar-refractivity contribution is -0.144. The van der Waals surface area contributed by atoms with Crippen molar-refractivity contribution in [2.24, 2.45) is 5.16 Å². The third-order valence-electron chi connectivity index (χ3n) is 3.91. The highest BCUT2D eigenvalue weighted by Gasteiger charge is 2.25. The number of carbonyl (C=O) groups excluding carboxylic acids is 1. The first-order valence-corrected chi connectivity index (χ1v) is 9.72. The molecule has 3 rings (SSSR count). The molecular weight excluding hydrogens is 390 g/mol. The van der Waals surface area contributed by atoms with E-state index in [-0.39, 0.29) is 25.2 Å². The fourth-order valence-electron chi connectivity index (χ4n) is 2.51. The Bertz CT molecular complexity index is 785. The molecule has 0 aliphatic carbocycles. The van der Waals surface area contributed by atoms with Crippen molar-refractivity contribution in [3.05, 3.63) is 45.9 Å². The van der Waals surface area contributed by atoms with Crippen LogP contribution in [0.1, 0.15) is 11.8 Å². The zero-order valence-corrected chi connectivity index (χ0v) is 16.4. The van der Waals surface area contributed by atoms with Gasteiger partial charge in [-0.1, -0.05) is 22.8 Å². The second-order valence-electron chi connectivity index (χ2n) is 5.86. The standard InChI is InChI=1S/C18H20ClN3O4S/c1-13(16-5-3-9-27-16)21-26-12-17(23)22-7-8-24-14(10-22)11-25-15-4-2-6-20-18(15)19/h2-6,9,14H,7-8,10-12H2,1H3/b21-13-. The van der Waals surface area contributed by atoms with Crippen LogP contribution in [0.2, 0.25) is 5.15 Å². The van der Waals surface area contributed by atoms with E-state index < -0.39 is 0 Å². The summed E-state index contributed by atoms with van der Waals surface area (Å²) in [6.07, 6.45) is 1.35. The Kier molecular flexibility index (Phi) is 7.03. The third-order valence-corrected chi connectivity index (χ3v) is 5.17. The predicted molar refractivity (Wildman–Crippen MR) is 104 cm³/mol. The summed E-state index contributed by atoms with van der Waals surface area (Å²) in [5, 5.41) is 6.27. The Labute approximate surface area is 166 Å². The Hall–Kier alpha value is -2.16. The number of amides is 1. The lowest BCUT2D eigenvalue weighted by Crippen LogP contribution is -2.48. The molecule has 144 valence electrons. The van der Waals surface area contributed by atoms with Crippen molar-refractivity contribution in [2.75, 3.05) is 32.9 Å². The SMILES string of the molecule is C/C(=N/OCC(=O)N1CCOC(COc2cccnc2Cl)C1)c1cccs1. The highest BCUT2D eigenvalue weighted by atomic mass is 35.5. The summed E-state index contributed by atoms with van der Waals surface area (Å²) in [5.74, 6) is 0.360. The summed E-state index contributed by atoms with van der Waals surface area (Å²) in [5.41, 5.74) is 0.749. The molecule has 1 fully saturated rings. The Morgan fingerprint density at radius 3 is 3.15 bits per heavy atom. The number of nitrogens with zero attached hydrogens (tertiary/aromatic N) is 3. The molecule has 1 aliphatic heterocycles. The molecule has 2 aromatic rings. The molecule has 1 aliphatic rings. The molecule has 27 heavy (non-hydrogen) atoms. The quantitative estimate of drug-likeness (QED) is 0.399. The topological polar surface area (TPSA) is 73.2 Å². The minimum Gasteiger partial charge on any atom is -0.488 e. The molecule has 9 heteroatoms. The number of pyridine rings is 1. The van der Waals surface area contributed by atoms with Crippen LogP contribution in [0.3, 0.4) is 0 Å². The average Bonchev–Trinajstić information content (AvgIpc) is 3.22. The number of thiophene rings is 1. The van der Waals surface area contributed by atoms with Crippen LogP contribution >= 0.6 is 22.9 Å². The van der Waals surface area contributed by atoms with Crippen molar-refractivity contribution in [1.29, 1.82) is 0 Å². The maximum Gasteiger partial charge on any atom is 0.263 e. The number of morpholine rings is 1. The molecule has 0 saturated carbocycles. The molecule has 0 N–H and O–H groups in total. The van der Waals surface area contributed by atoms with Crippen LogP contribution in [0.4, 0.5) is 0 Å². The fraction of sp³-hybridized carbons (Fsp3) is 0.389. The Morgan fingerprint density at radius 2 is 2.37 bits per heavy atom. The Morgan fingerprint density at radius 1 is 1.48 bits per heavy atom. The molecule has 0 radical (unpaired) electrons. The van der Waals surface area contributed by atoms with Crippen LogP contribution in [-0.4, -0.2) is 60.5 Å². The van der Waals surface area contributed by atoms with Crippen molar-refractivity contribution in [3.8, 4) is 5.75 Å². The summed E-state index contributed by atoms with van der Waals surface area (Å²) >= 11 is 7.54. The van der Waals surface area contributed by atoms with Crippen LogP contribution in [0.25, 0.3) is 0 Å². The summed E-state index contributed by atoms with van der Waals surface area (Å²) in [4.78, 5) is 24.2. The number of oxime groups is 1. The summed E-state index contributed by atoms with van der Waals surface area (Å²) in [6.45, 7) is 3.41. The smallest absolute Gasteiger partial charge is 0.263 e. The van der Waals surface area contributed by atoms with Gasteiger partial charge >= 0.3 is 0 Å². The van der Waals surface area contributed by atoms with Gasteiger partial charge in [-0.15, -0.1) is 11.3 Å². The normalized spacial score (nSPS) is 17.6. The van der Waals surface area contributed by atoms with Gasteiger partial charge < -0.3 is 19.2 Å². The zero-order valence-electron chi connectivity index (χ0n) is 14.8. The number of aromatic nitrogens is 1. The van der Waals surface area contributed by atoms with E-state index in [0.717, 1.165) is 10.6 Å². The van der Waals surface area contributed by atoms with Gasteiger partial charge in [-0.2, -0.15) is 0 Å². The van der Waals surface area contributed by atoms with Crippen LogP contribution in [0.5, 0.6) is 5.75 Å². The highest BCUT2D eigenvalue weighted by molar-refractivity contribution is 7.12. The first kappa shape index (κ1) is 19.6. The van der Waals surface area contributed by atoms with E-state index >= 15 is 0 Å². The van der Waals surface area contributed by atoms with E-state index in [1.165, 1.54) is 0 Å². The van der Waals surface area contributed by atoms with Gasteiger partial charge in [-0.25, -0.2) is 4.98 Å². The van der Waals surface area contributed by atoms with Gasteiger partial charge in [0.15, 0.2) is 17.5 Å². The minimum absolute atomic E-state index is 0.106. The monoisotopic (exact) mass is 409 g/mol. The van der Waals surface area contributed by atoms with Gasteiger partial charge in [0.1, 0.15) is 12.7 Å². The number of rotatable bonds is 7. The molecule has 2 aromatic heterocycles. The van der Waals surface area contributed by atoms with Crippen LogP contribution in [-0.2, 0) is 14.4 Å². The van der Waals surface area contributed by atoms with Crippen molar-refractivity contribution in [2.45, 2.75) is 13.0 Å². The van der Waals surface area contributed by atoms with E-state index in [4.69, 9.17) is 25.9 Å². The minimum atomic E-state index is -0.240. The van der Waals surface area contributed by atoms with Gasteiger partial charge in [0, 0.05) is 12.7 Å². The maximum absolute atomic E-state index is 12.3. The summed E-state index contributed by atoms with van der Waals surface area (Å²) < 4.78 is 11.3. The first-order valence-electron chi connectivity index (χ1n) is 8.46. The number of hydrogen-bond acceptors (Lipinski definition) is 7. The number of hydrogen-bond donors (Lipinski definition) is 0. The third kappa shape index (κ3) is 5.66. The van der Waals surface area contributed by atoms with E-state index in [2.05, 4.69) is 10.1 Å². The number of carbonyl (C=O) groups is 1. The highest BCUT2D eigenvalue weighted by Crippen LogP contribution is 2.21.